The van der Waals surface area contributed by atoms with Gasteiger partial charge < -0.3 is 61.6 Å². The molecule has 0 amide bonds. The molecule has 0 saturated heterocycles. The molecule has 0 bridgehead atoms. The van der Waals surface area contributed by atoms with Crippen molar-refractivity contribution in [2.75, 3.05) is 165 Å². The molecule has 1 atom stereocenters. The molecular formula is C44H82O13. The largest absolute Gasteiger partial charge is 0.491 e. The lowest BCUT2D eigenvalue weighted by Crippen LogP contribution is -2.15. The second-order valence-corrected chi connectivity index (χ2v) is 13.7. The van der Waals surface area contributed by atoms with E-state index in [9.17, 15) is 0 Å². The van der Waals surface area contributed by atoms with Crippen molar-refractivity contribution in [3.8, 4) is 5.75 Å². The number of benzene rings is 1. The van der Waals surface area contributed by atoms with Crippen molar-refractivity contribution in [2.24, 2.45) is 5.92 Å². The van der Waals surface area contributed by atoms with Crippen molar-refractivity contribution in [1.29, 1.82) is 0 Å². The van der Waals surface area contributed by atoms with E-state index in [-0.39, 0.29) is 0 Å². The van der Waals surface area contributed by atoms with Crippen LogP contribution >= 0.6 is 0 Å². The van der Waals surface area contributed by atoms with Gasteiger partial charge in [0.25, 0.3) is 0 Å². The molecule has 0 aliphatic carbocycles. The molecule has 13 heteroatoms. The van der Waals surface area contributed by atoms with E-state index in [2.05, 4.69) is 45.0 Å². The maximum Gasteiger partial charge on any atom is 0.119 e. The van der Waals surface area contributed by atoms with Crippen LogP contribution in [-0.2, 0) is 63.3 Å². The van der Waals surface area contributed by atoms with E-state index in [1.54, 1.807) is 0 Å². The first-order chi connectivity index (χ1) is 28.3. The molecular weight excluding hydrogens is 736 g/mol. The third kappa shape index (κ3) is 41.1. The van der Waals surface area contributed by atoms with Gasteiger partial charge in [0.1, 0.15) is 12.4 Å². The van der Waals surface area contributed by atoms with Crippen molar-refractivity contribution in [2.45, 2.75) is 78.6 Å². The Hall–Kier alpha value is -1.46. The summed E-state index contributed by atoms with van der Waals surface area (Å²) in [5, 5.41) is 0. The summed E-state index contributed by atoms with van der Waals surface area (Å²) in [6.07, 6.45) is 11.6. The van der Waals surface area contributed by atoms with Crippen molar-refractivity contribution < 1.29 is 61.6 Å². The lowest BCUT2D eigenvalue weighted by Gasteiger charge is -2.10. The van der Waals surface area contributed by atoms with Gasteiger partial charge >= 0.3 is 0 Å². The molecule has 0 aliphatic heterocycles. The van der Waals surface area contributed by atoms with Crippen molar-refractivity contribution in [3.63, 3.8) is 0 Å². The first-order valence-corrected chi connectivity index (χ1v) is 21.9. The van der Waals surface area contributed by atoms with Crippen LogP contribution in [0.5, 0.6) is 5.75 Å². The summed E-state index contributed by atoms with van der Waals surface area (Å²) in [6.45, 7) is 20.1. The predicted octanol–water partition coefficient (Wildman–Crippen LogP) is 6.60. The van der Waals surface area contributed by atoms with Gasteiger partial charge in [0, 0.05) is 6.61 Å². The predicted molar refractivity (Wildman–Crippen MR) is 223 cm³/mol. The molecule has 0 aliphatic rings. The van der Waals surface area contributed by atoms with Crippen molar-refractivity contribution in [3.05, 3.63) is 29.8 Å². The SMILES string of the molecule is CCCCCCCCCc1ccc(OCCOCCOCCOCCOCCOCCOCCOCCOCCOCCOCCOCCOCC(C)CC)cc1. The van der Waals surface area contributed by atoms with Crippen LogP contribution in [0.25, 0.3) is 0 Å². The number of hydrogen-bond acceptors (Lipinski definition) is 13. The van der Waals surface area contributed by atoms with Gasteiger partial charge in [-0.05, 0) is 36.5 Å². The zero-order chi connectivity index (χ0) is 40.8. The van der Waals surface area contributed by atoms with Gasteiger partial charge in [-0.15, -0.1) is 0 Å². The highest BCUT2D eigenvalue weighted by Crippen LogP contribution is 2.15. The molecule has 0 heterocycles. The average molecular weight is 819 g/mol. The lowest BCUT2D eigenvalue weighted by molar-refractivity contribution is -0.0287. The van der Waals surface area contributed by atoms with Crippen LogP contribution in [0.3, 0.4) is 0 Å². The molecule has 1 aromatic rings. The van der Waals surface area contributed by atoms with Gasteiger partial charge in [-0.3, -0.25) is 0 Å². The van der Waals surface area contributed by atoms with E-state index < -0.39 is 0 Å². The second kappa shape index (κ2) is 45.6. The fourth-order valence-corrected chi connectivity index (χ4v) is 5.08. The Bertz CT molecular complexity index is 895. The zero-order valence-corrected chi connectivity index (χ0v) is 36.2. The Morgan fingerprint density at radius 1 is 0.351 bits per heavy atom. The molecule has 1 aromatic carbocycles. The smallest absolute Gasteiger partial charge is 0.119 e. The summed E-state index contributed by atoms with van der Waals surface area (Å²) in [5.74, 6) is 1.48. The minimum atomic E-state index is 0.511. The summed E-state index contributed by atoms with van der Waals surface area (Å²) < 4.78 is 72.1. The Morgan fingerprint density at radius 2 is 0.649 bits per heavy atom. The second-order valence-electron chi connectivity index (χ2n) is 13.7. The molecule has 0 fully saturated rings. The quantitative estimate of drug-likeness (QED) is 0.0658. The van der Waals surface area contributed by atoms with Crippen LogP contribution in [0, 0.1) is 5.92 Å². The fraction of sp³-hybridized carbons (Fsp3) is 0.864. The average Bonchev–Trinajstić information content (AvgIpc) is 3.23. The van der Waals surface area contributed by atoms with Crippen molar-refractivity contribution in [1.82, 2.24) is 0 Å². The first kappa shape index (κ1) is 53.6. The zero-order valence-electron chi connectivity index (χ0n) is 36.2. The molecule has 1 unspecified atom stereocenters. The molecule has 13 nitrogen and oxygen atoms in total. The molecule has 0 spiro atoms. The van der Waals surface area contributed by atoms with Gasteiger partial charge in [-0.1, -0.05) is 77.8 Å². The molecule has 336 valence electrons. The number of ether oxygens (including phenoxy) is 13. The summed E-state index contributed by atoms with van der Waals surface area (Å²) in [5.41, 5.74) is 1.38. The summed E-state index contributed by atoms with van der Waals surface area (Å²) in [4.78, 5) is 0. The maximum atomic E-state index is 5.79. The maximum absolute atomic E-state index is 5.79. The molecule has 0 N–H and O–H groups in total. The van der Waals surface area contributed by atoms with Gasteiger partial charge in [-0.25, -0.2) is 0 Å². The molecule has 0 aromatic heterocycles. The van der Waals surface area contributed by atoms with E-state index in [1.165, 1.54) is 50.5 Å². The molecule has 57 heavy (non-hydrogen) atoms. The van der Waals surface area contributed by atoms with E-state index >= 15 is 0 Å². The summed E-state index contributed by atoms with van der Waals surface area (Å²) in [6, 6.07) is 8.46. The molecule has 0 saturated carbocycles. The number of rotatable bonds is 48. The van der Waals surface area contributed by atoms with Crippen LogP contribution in [0.1, 0.15) is 77.7 Å². The standard InChI is InChI=1S/C44H82O13/c1-4-6-7-8-9-10-11-12-43-13-15-44(16-14-43)57-40-39-55-36-35-53-32-31-51-28-27-49-24-23-47-20-19-45-17-18-46-21-22-48-25-26-50-29-30-52-33-34-54-37-38-56-41-42(3)5-2/h13-16,42H,4-12,17-41H2,1-3H3. The van der Waals surface area contributed by atoms with Crippen LogP contribution in [0.2, 0.25) is 0 Å². The Morgan fingerprint density at radius 3 is 0.982 bits per heavy atom. The summed E-state index contributed by atoms with van der Waals surface area (Å²) in [7, 11) is 0. The third-order valence-electron chi connectivity index (χ3n) is 8.68. The molecule has 1 rings (SSSR count). The van der Waals surface area contributed by atoms with E-state index in [1.807, 2.05) is 0 Å². The Balaban J connectivity index is 1.67. The summed E-state index contributed by atoms with van der Waals surface area (Å²) >= 11 is 0. The normalized spacial score (nSPS) is 12.1. The highest BCUT2D eigenvalue weighted by molar-refractivity contribution is 5.27. The van der Waals surface area contributed by atoms with Gasteiger partial charge in [0.2, 0.25) is 0 Å². The number of aryl methyl sites for hydroxylation is 1. The van der Waals surface area contributed by atoms with Crippen LogP contribution in [0.15, 0.2) is 24.3 Å². The van der Waals surface area contributed by atoms with Crippen LogP contribution in [0.4, 0.5) is 0 Å². The minimum absolute atomic E-state index is 0.511. The Labute approximate surface area is 346 Å². The van der Waals surface area contributed by atoms with E-state index in [4.69, 9.17) is 61.6 Å². The molecule has 0 radical (unpaired) electrons. The van der Waals surface area contributed by atoms with E-state index in [0.29, 0.717) is 164 Å². The van der Waals surface area contributed by atoms with Gasteiger partial charge in [0.05, 0.1) is 152 Å². The number of unbranched alkanes of at least 4 members (excludes halogenated alkanes) is 6. The van der Waals surface area contributed by atoms with E-state index in [0.717, 1.165) is 25.2 Å². The monoisotopic (exact) mass is 819 g/mol. The lowest BCUT2D eigenvalue weighted by atomic mass is 10.0. The van der Waals surface area contributed by atoms with Crippen LogP contribution < -0.4 is 4.74 Å². The Kier molecular flexibility index (Phi) is 42.9. The van der Waals surface area contributed by atoms with Crippen molar-refractivity contribution >= 4 is 0 Å². The first-order valence-electron chi connectivity index (χ1n) is 21.9. The highest BCUT2D eigenvalue weighted by atomic mass is 16.6. The fourth-order valence-electron chi connectivity index (χ4n) is 5.08. The minimum Gasteiger partial charge on any atom is -0.491 e. The highest BCUT2D eigenvalue weighted by Gasteiger charge is 2.01. The van der Waals surface area contributed by atoms with Gasteiger partial charge in [-0.2, -0.15) is 0 Å². The van der Waals surface area contributed by atoms with Crippen LogP contribution in [-0.4, -0.2) is 165 Å². The number of hydrogen-bond donors (Lipinski definition) is 0. The topological polar surface area (TPSA) is 120 Å². The van der Waals surface area contributed by atoms with Gasteiger partial charge in [0.15, 0.2) is 0 Å². The third-order valence-corrected chi connectivity index (χ3v) is 8.68.